The van der Waals surface area contributed by atoms with E-state index >= 15 is 0 Å². The molecule has 2 aliphatic rings. The minimum absolute atomic E-state index is 0.0699. The number of thiazole rings is 1. The predicted molar refractivity (Wildman–Crippen MR) is 177 cm³/mol. The van der Waals surface area contributed by atoms with E-state index in [1.165, 1.54) is 16.9 Å². The lowest BCUT2D eigenvalue weighted by Crippen LogP contribution is -2.38. The maximum atomic E-state index is 14.2. The van der Waals surface area contributed by atoms with E-state index in [2.05, 4.69) is 40.2 Å². The van der Waals surface area contributed by atoms with Crippen molar-refractivity contribution in [1.82, 2.24) is 4.57 Å². The van der Waals surface area contributed by atoms with E-state index in [1.54, 1.807) is 14.2 Å². The molecular formula is C36H29BrN2O4S. The Bertz CT molecular complexity index is 2100. The van der Waals surface area contributed by atoms with Crippen LogP contribution < -0.4 is 29.1 Å². The van der Waals surface area contributed by atoms with Crippen LogP contribution in [0.5, 0.6) is 17.2 Å². The van der Waals surface area contributed by atoms with Crippen LogP contribution in [0.1, 0.15) is 40.3 Å². The molecule has 7 rings (SSSR count). The fourth-order valence-electron chi connectivity index (χ4n) is 5.96. The van der Waals surface area contributed by atoms with Crippen molar-refractivity contribution in [3.63, 3.8) is 0 Å². The van der Waals surface area contributed by atoms with Crippen molar-refractivity contribution < 1.29 is 14.2 Å². The summed E-state index contributed by atoms with van der Waals surface area (Å²) in [5, 5.41) is 0. The highest BCUT2D eigenvalue weighted by Crippen LogP contribution is 2.42. The van der Waals surface area contributed by atoms with Crippen LogP contribution in [0.2, 0.25) is 0 Å². The van der Waals surface area contributed by atoms with Gasteiger partial charge in [-0.05, 0) is 86.9 Å². The average Bonchev–Trinajstić information content (AvgIpc) is 3.37. The largest absolute Gasteiger partial charge is 0.493 e. The lowest BCUT2D eigenvalue weighted by Gasteiger charge is -2.31. The standard InChI is InChI=1S/C36H29BrN2O4S/c1-41-30-17-14-25(20-31(30)42-2)34-27-15-13-24-10-6-7-11-26(24)33(27)38-36-39(34)35(40)32(44-36)19-23-12-16-29(28(37)18-23)43-21-22-8-4-3-5-9-22/h3-12,14,16-20,34H,13,15,21H2,1-2H3/b32-19+/t34-/m0/s1. The first-order chi connectivity index (χ1) is 21.5. The summed E-state index contributed by atoms with van der Waals surface area (Å²) >= 11 is 5.07. The van der Waals surface area contributed by atoms with E-state index in [1.807, 2.05) is 77.4 Å². The molecule has 6 nitrogen and oxygen atoms in total. The van der Waals surface area contributed by atoms with Gasteiger partial charge < -0.3 is 14.2 Å². The van der Waals surface area contributed by atoms with Gasteiger partial charge in [0.05, 0.1) is 35.0 Å². The highest BCUT2D eigenvalue weighted by molar-refractivity contribution is 9.10. The van der Waals surface area contributed by atoms with Crippen molar-refractivity contribution >= 4 is 39.0 Å². The van der Waals surface area contributed by atoms with Gasteiger partial charge in [0.25, 0.3) is 5.56 Å². The molecule has 4 aromatic carbocycles. The Hall–Kier alpha value is -4.40. The maximum Gasteiger partial charge on any atom is 0.271 e. The van der Waals surface area contributed by atoms with Gasteiger partial charge in [0.2, 0.25) is 0 Å². The number of hydrogen-bond donors (Lipinski definition) is 0. The van der Waals surface area contributed by atoms with Crippen molar-refractivity contribution in [2.24, 2.45) is 4.99 Å². The molecule has 0 N–H and O–H groups in total. The zero-order chi connectivity index (χ0) is 30.2. The zero-order valence-electron chi connectivity index (χ0n) is 24.2. The highest BCUT2D eigenvalue weighted by atomic mass is 79.9. The van der Waals surface area contributed by atoms with Crippen LogP contribution in [0.15, 0.2) is 111 Å². The van der Waals surface area contributed by atoms with Crippen LogP contribution in [0, 0.1) is 0 Å². The van der Waals surface area contributed by atoms with E-state index in [0.717, 1.165) is 56.6 Å². The lowest BCUT2D eigenvalue weighted by atomic mass is 9.83. The molecule has 2 heterocycles. The number of aromatic nitrogens is 1. The van der Waals surface area contributed by atoms with Crippen LogP contribution in [0.4, 0.5) is 0 Å². The first-order valence-corrected chi connectivity index (χ1v) is 16.0. The number of methoxy groups -OCH3 is 2. The predicted octanol–water partition coefficient (Wildman–Crippen LogP) is 6.68. The summed E-state index contributed by atoms with van der Waals surface area (Å²) in [5.74, 6) is 2.02. The van der Waals surface area contributed by atoms with Crippen LogP contribution in [-0.2, 0) is 13.0 Å². The summed E-state index contributed by atoms with van der Waals surface area (Å²) in [5.41, 5.74) is 7.38. The quantitative estimate of drug-likeness (QED) is 0.195. The molecule has 8 heteroatoms. The number of nitrogens with zero attached hydrogens (tertiary/aromatic N) is 2. The fourth-order valence-corrected chi connectivity index (χ4v) is 7.47. The summed E-state index contributed by atoms with van der Waals surface area (Å²) in [4.78, 5) is 20.0. The third-order valence-corrected chi connectivity index (χ3v) is 9.69. The number of benzene rings is 4. The molecule has 0 bridgehead atoms. The number of allylic oxidation sites excluding steroid dienone is 1. The Kier molecular flexibility index (Phi) is 7.70. The third-order valence-electron chi connectivity index (χ3n) is 8.09. The third kappa shape index (κ3) is 5.18. The van der Waals surface area contributed by atoms with Gasteiger partial charge in [-0.15, -0.1) is 0 Å². The topological polar surface area (TPSA) is 62.0 Å². The number of rotatable bonds is 7. The summed E-state index contributed by atoms with van der Waals surface area (Å²) in [6.07, 6.45) is 3.64. The highest BCUT2D eigenvalue weighted by Gasteiger charge is 2.33. The molecule has 1 aromatic heterocycles. The Morgan fingerprint density at radius 3 is 2.48 bits per heavy atom. The average molecular weight is 666 g/mol. The number of aryl methyl sites for hydroxylation is 1. The molecule has 1 atom stereocenters. The van der Waals surface area contributed by atoms with Gasteiger partial charge in [-0.25, -0.2) is 4.99 Å². The molecule has 0 unspecified atom stereocenters. The number of fused-ring (bicyclic) bond motifs is 3. The van der Waals surface area contributed by atoms with Crippen molar-refractivity contribution in [3.05, 3.63) is 149 Å². The van der Waals surface area contributed by atoms with Gasteiger partial charge in [0.1, 0.15) is 12.4 Å². The summed E-state index contributed by atoms with van der Waals surface area (Å²) in [6, 6.07) is 29.9. The van der Waals surface area contributed by atoms with Crippen LogP contribution >= 0.6 is 27.3 Å². The molecule has 0 amide bonds. The van der Waals surface area contributed by atoms with Gasteiger partial charge in [0.15, 0.2) is 16.3 Å². The molecule has 1 aliphatic carbocycles. The normalized spacial score (nSPS) is 15.6. The molecule has 0 saturated carbocycles. The van der Waals surface area contributed by atoms with Gasteiger partial charge in [-0.3, -0.25) is 9.36 Å². The fraction of sp³-hybridized carbons (Fsp3) is 0.167. The SMILES string of the molecule is COc1ccc([C@H]2C3=C(N=c4s/c(=C/c5ccc(OCc6ccccc6)c(Br)c5)c(=O)n42)c2ccccc2CC3)cc1OC. The molecular weight excluding hydrogens is 636 g/mol. The first-order valence-electron chi connectivity index (χ1n) is 14.4. The molecule has 0 fully saturated rings. The smallest absolute Gasteiger partial charge is 0.271 e. The minimum Gasteiger partial charge on any atom is -0.493 e. The van der Waals surface area contributed by atoms with Gasteiger partial charge in [-0.2, -0.15) is 0 Å². The second-order valence-electron chi connectivity index (χ2n) is 10.7. The van der Waals surface area contributed by atoms with Crippen molar-refractivity contribution in [1.29, 1.82) is 0 Å². The first kappa shape index (κ1) is 28.4. The Labute approximate surface area is 267 Å². The van der Waals surface area contributed by atoms with E-state index in [4.69, 9.17) is 19.2 Å². The lowest BCUT2D eigenvalue weighted by molar-refractivity contribution is 0.304. The van der Waals surface area contributed by atoms with Crippen LogP contribution in [-0.4, -0.2) is 18.8 Å². The summed E-state index contributed by atoms with van der Waals surface area (Å²) < 4.78 is 20.5. The molecule has 0 saturated heterocycles. The van der Waals surface area contributed by atoms with Crippen LogP contribution in [0.25, 0.3) is 11.8 Å². The zero-order valence-corrected chi connectivity index (χ0v) is 26.7. The van der Waals surface area contributed by atoms with Crippen molar-refractivity contribution in [3.8, 4) is 17.2 Å². The molecule has 5 aromatic rings. The molecule has 44 heavy (non-hydrogen) atoms. The van der Waals surface area contributed by atoms with Crippen LogP contribution in [0.3, 0.4) is 0 Å². The van der Waals surface area contributed by atoms with Crippen molar-refractivity contribution in [2.75, 3.05) is 14.2 Å². The minimum atomic E-state index is -0.308. The van der Waals surface area contributed by atoms with Crippen molar-refractivity contribution in [2.45, 2.75) is 25.5 Å². The Balaban J connectivity index is 1.32. The molecule has 1 aliphatic heterocycles. The molecule has 0 spiro atoms. The van der Waals surface area contributed by atoms with E-state index < -0.39 is 0 Å². The van der Waals surface area contributed by atoms with E-state index in [9.17, 15) is 4.79 Å². The Morgan fingerprint density at radius 1 is 0.909 bits per heavy atom. The number of ether oxygens (including phenoxy) is 3. The monoisotopic (exact) mass is 664 g/mol. The van der Waals surface area contributed by atoms with Gasteiger partial charge >= 0.3 is 0 Å². The Morgan fingerprint density at radius 2 is 1.68 bits per heavy atom. The molecule has 220 valence electrons. The number of hydrogen-bond acceptors (Lipinski definition) is 6. The maximum absolute atomic E-state index is 14.2. The second kappa shape index (κ2) is 11.9. The summed E-state index contributed by atoms with van der Waals surface area (Å²) in [7, 11) is 3.25. The van der Waals surface area contributed by atoms with E-state index in [0.29, 0.717) is 27.4 Å². The molecule has 0 radical (unpaired) electrons. The van der Waals surface area contributed by atoms with E-state index in [-0.39, 0.29) is 11.6 Å². The van der Waals surface area contributed by atoms with Gasteiger partial charge in [-0.1, -0.05) is 78.1 Å². The van der Waals surface area contributed by atoms with Gasteiger partial charge in [0, 0.05) is 5.56 Å². The summed E-state index contributed by atoms with van der Waals surface area (Å²) in [6.45, 7) is 0.474. The second-order valence-corrected chi connectivity index (χ2v) is 12.6. The number of halogens is 1.